The third-order valence-electron chi connectivity index (χ3n) is 8.84. The maximum absolute atomic E-state index is 16.3. The summed E-state index contributed by atoms with van der Waals surface area (Å²) in [6.07, 6.45) is -5.97. The zero-order valence-electron chi connectivity index (χ0n) is 26.9. The van der Waals surface area contributed by atoms with E-state index >= 15 is 52.7 Å². The van der Waals surface area contributed by atoms with Crippen LogP contribution >= 0.6 is 7.92 Å². The third-order valence-corrected chi connectivity index (χ3v) is 11.4. The summed E-state index contributed by atoms with van der Waals surface area (Å²) in [4.78, 5) is 0. The molecular weight excluding hydrogens is 783 g/mol. The lowest BCUT2D eigenvalue weighted by Crippen LogP contribution is -2.72. The second-order valence-corrected chi connectivity index (χ2v) is 14.0. The van der Waals surface area contributed by atoms with Crippen molar-refractivity contribution in [2.24, 2.45) is 0 Å². The van der Waals surface area contributed by atoms with E-state index in [1.165, 1.54) is 91.0 Å². The Morgan fingerprint density at radius 1 is 0.327 bits per heavy atom. The lowest BCUT2D eigenvalue weighted by molar-refractivity contribution is 0.380. The van der Waals surface area contributed by atoms with Crippen LogP contribution in [0.4, 0.5) is 65.9 Å². The largest absolute Gasteiger partial charge is 0.222 e. The zero-order valence-corrected chi connectivity index (χ0v) is 27.8. The van der Waals surface area contributed by atoms with Gasteiger partial charge < -0.3 is 0 Å². The van der Waals surface area contributed by atoms with E-state index in [-0.39, 0.29) is 22.1 Å². The highest BCUT2D eigenvalue weighted by atomic mass is 31.1. The van der Waals surface area contributed by atoms with Gasteiger partial charge in [-0.2, -0.15) is 0 Å². The number of hydrogen-bond acceptors (Lipinski definition) is 0. The van der Waals surface area contributed by atoms with Crippen LogP contribution in [0.5, 0.6) is 0 Å². The monoisotopic (exact) mass is 799 g/mol. The lowest BCUT2D eigenvalue weighted by atomic mass is 9.15. The zero-order chi connectivity index (χ0) is 40.1. The Labute approximate surface area is 301 Å². The van der Waals surface area contributed by atoms with Crippen molar-refractivity contribution in [3.05, 3.63) is 190 Å². The summed E-state index contributed by atoms with van der Waals surface area (Å²) in [6, 6.07) is 20.6. The molecule has 282 valence electrons. The van der Waals surface area contributed by atoms with E-state index in [0.717, 1.165) is 0 Å². The van der Waals surface area contributed by atoms with Crippen LogP contribution in [0, 0.1) is 87.3 Å². The van der Waals surface area contributed by atoms with Crippen LogP contribution in [0.1, 0.15) is 5.56 Å². The molecule has 17 heteroatoms. The van der Waals surface area contributed by atoms with E-state index in [1.54, 1.807) is 0 Å². The van der Waals surface area contributed by atoms with Crippen molar-refractivity contribution in [3.63, 3.8) is 0 Å². The first kappa shape index (κ1) is 39.2. The number of benzene rings is 6. The van der Waals surface area contributed by atoms with Crippen molar-refractivity contribution < 1.29 is 65.9 Å². The normalized spacial score (nSPS) is 12.2. The average Bonchev–Trinajstić information content (AvgIpc) is 3.20. The van der Waals surface area contributed by atoms with Crippen LogP contribution in [0.25, 0.3) is 5.31 Å². The second kappa shape index (κ2) is 15.0. The fourth-order valence-electron chi connectivity index (χ4n) is 6.47. The van der Waals surface area contributed by atoms with Crippen molar-refractivity contribution in [3.8, 4) is 0 Å². The Morgan fingerprint density at radius 3 is 0.836 bits per heavy atom. The van der Waals surface area contributed by atoms with Gasteiger partial charge in [0.15, 0.2) is 52.4 Å². The molecule has 0 saturated heterocycles. The first-order valence-corrected chi connectivity index (χ1v) is 16.8. The van der Waals surface area contributed by atoms with Gasteiger partial charge in [-0.1, -0.05) is 91.0 Å². The molecule has 0 amide bonds. The SMILES string of the molecule is Fc1c(F)c(F)c([B-](/C=C(\c2ccccc2)P(c2ccccc2)c2ccccc2)(c2c(F)c(F)c(F)c(F)c2F)c2c(F)c(F)c(F)c(F)c2F)c(F)c1F. The van der Waals surface area contributed by atoms with Gasteiger partial charge in [0, 0.05) is 0 Å². The molecule has 0 spiro atoms. The van der Waals surface area contributed by atoms with Gasteiger partial charge in [-0.25, -0.2) is 71.8 Å². The van der Waals surface area contributed by atoms with E-state index in [0.29, 0.717) is 0 Å². The first-order valence-electron chi connectivity index (χ1n) is 15.5. The van der Waals surface area contributed by atoms with Crippen molar-refractivity contribution in [2.75, 3.05) is 0 Å². The predicted molar refractivity (Wildman–Crippen MR) is 177 cm³/mol. The quantitative estimate of drug-likeness (QED) is 0.0475. The van der Waals surface area contributed by atoms with Gasteiger partial charge in [-0.3, -0.25) is 0 Å². The Balaban J connectivity index is 2.05. The van der Waals surface area contributed by atoms with Crippen LogP contribution in [0.3, 0.4) is 0 Å². The molecule has 0 aromatic heterocycles. The summed E-state index contributed by atoms with van der Waals surface area (Å²) in [5.41, 5.74) is -8.34. The number of hydrogen-bond donors (Lipinski definition) is 0. The first-order chi connectivity index (χ1) is 26.1. The minimum absolute atomic E-state index is 0.0515. The molecule has 6 aromatic rings. The molecule has 0 heterocycles. The molecule has 0 unspecified atom stereocenters. The molecule has 6 rings (SSSR count). The van der Waals surface area contributed by atoms with E-state index in [1.807, 2.05) is 0 Å². The highest BCUT2D eigenvalue weighted by Crippen LogP contribution is 2.50. The molecule has 0 bridgehead atoms. The molecule has 0 aliphatic carbocycles. The van der Waals surface area contributed by atoms with Crippen LogP contribution in [-0.2, 0) is 0 Å². The Morgan fingerprint density at radius 2 is 0.564 bits per heavy atom. The Bertz CT molecular complexity index is 2200. The average molecular weight is 799 g/mol. The third kappa shape index (κ3) is 6.25. The summed E-state index contributed by atoms with van der Waals surface area (Å²) in [5.74, 6) is -45.7. The molecule has 0 fully saturated rings. The smallest absolute Gasteiger partial charge is 0.200 e. The molecule has 0 radical (unpaired) electrons. The van der Waals surface area contributed by atoms with Crippen molar-refractivity contribution >= 4 is 46.4 Å². The van der Waals surface area contributed by atoms with Gasteiger partial charge in [-0.15, -0.1) is 16.4 Å². The van der Waals surface area contributed by atoms with Crippen LogP contribution < -0.4 is 27.0 Å². The van der Waals surface area contributed by atoms with Crippen LogP contribution in [0.2, 0.25) is 0 Å². The van der Waals surface area contributed by atoms with Gasteiger partial charge in [0.25, 0.3) is 0 Å². The Kier molecular flexibility index (Phi) is 10.7. The van der Waals surface area contributed by atoms with Crippen LogP contribution in [0.15, 0.2) is 97.0 Å². The minimum atomic E-state index is -5.97. The number of rotatable bonds is 8. The van der Waals surface area contributed by atoms with Crippen molar-refractivity contribution in [2.45, 2.75) is 0 Å². The van der Waals surface area contributed by atoms with E-state index in [2.05, 4.69) is 0 Å². The summed E-state index contributed by atoms with van der Waals surface area (Å²) in [5, 5.41) is -0.253. The van der Waals surface area contributed by atoms with E-state index < -0.39 is 123 Å². The molecule has 0 aliphatic rings. The van der Waals surface area contributed by atoms with E-state index in [9.17, 15) is 13.2 Å². The van der Waals surface area contributed by atoms with Crippen molar-refractivity contribution in [1.82, 2.24) is 0 Å². The molecule has 0 atom stereocenters. The molecule has 0 N–H and O–H groups in total. The van der Waals surface area contributed by atoms with Crippen LogP contribution in [-0.4, -0.2) is 6.15 Å². The molecule has 6 aromatic carbocycles. The van der Waals surface area contributed by atoms with Gasteiger partial charge >= 0.3 is 0 Å². The predicted octanol–water partition coefficient (Wildman–Crippen LogP) is 8.96. The maximum atomic E-state index is 16.3. The fraction of sp³-hybridized carbons (Fsp3) is 0. The molecule has 0 saturated carbocycles. The van der Waals surface area contributed by atoms with Gasteiger partial charge in [0.05, 0.1) is 0 Å². The molecule has 0 aliphatic heterocycles. The van der Waals surface area contributed by atoms with E-state index in [4.69, 9.17) is 0 Å². The molecular formula is C38H16BF15P-. The minimum Gasteiger partial charge on any atom is -0.222 e. The number of halogens is 15. The lowest BCUT2D eigenvalue weighted by Gasteiger charge is -2.43. The summed E-state index contributed by atoms with van der Waals surface area (Å²) >= 11 is 0. The van der Waals surface area contributed by atoms with Gasteiger partial charge in [0.2, 0.25) is 0 Å². The summed E-state index contributed by atoms with van der Waals surface area (Å²) in [7, 11) is -2.49. The van der Waals surface area contributed by atoms with Gasteiger partial charge in [-0.05, 0) is 29.4 Å². The second-order valence-electron chi connectivity index (χ2n) is 11.8. The topological polar surface area (TPSA) is 0 Å². The van der Waals surface area contributed by atoms with Crippen molar-refractivity contribution in [1.29, 1.82) is 0 Å². The highest BCUT2D eigenvalue weighted by molar-refractivity contribution is 7.82. The summed E-state index contributed by atoms with van der Waals surface area (Å²) < 4.78 is 233. The maximum Gasteiger partial charge on any atom is 0.200 e. The standard InChI is InChI=1S/C38H16BF15P/c40-24-21(25(41)31(47)36(52)30(24)46)39(22-26(42)32(48)37(53)33(49)27(22)43,23-28(44)34(50)38(54)35(51)29(23)45)16-20(17-10-4-1-5-11-17)55(18-12-6-2-7-13-18)19-14-8-3-9-15-19/h1-16H/q-1/b20-16+. The van der Waals surface area contributed by atoms with Gasteiger partial charge in [0.1, 0.15) is 41.0 Å². The molecule has 55 heavy (non-hydrogen) atoms. The highest BCUT2D eigenvalue weighted by Gasteiger charge is 2.47. The Hall–Kier alpha value is -5.50. The summed E-state index contributed by atoms with van der Waals surface area (Å²) in [6.45, 7) is 0. The molecule has 0 nitrogen and oxygen atoms in total. The fourth-order valence-corrected chi connectivity index (χ4v) is 9.05.